The number of hydrogen-bond acceptors (Lipinski definition) is 3. The third-order valence-electron chi connectivity index (χ3n) is 5.48. The van der Waals surface area contributed by atoms with Crippen molar-refractivity contribution < 1.29 is 14.3 Å². The number of aromatic hydroxyl groups is 1. The number of rotatable bonds is 8. The van der Waals surface area contributed by atoms with Crippen LogP contribution in [0, 0.1) is 0 Å². The van der Waals surface area contributed by atoms with Gasteiger partial charge in [-0.2, -0.15) is 0 Å². The van der Waals surface area contributed by atoms with Gasteiger partial charge < -0.3 is 9.53 Å². The van der Waals surface area contributed by atoms with Gasteiger partial charge in [0.05, 0.1) is 0 Å². The predicted molar refractivity (Wildman–Crippen MR) is 114 cm³/mol. The van der Waals surface area contributed by atoms with Crippen molar-refractivity contribution >= 4 is 14.1 Å². The minimum absolute atomic E-state index is 0.0623. The van der Waals surface area contributed by atoms with Crippen LogP contribution in [0.3, 0.4) is 0 Å². The van der Waals surface area contributed by atoms with Crippen molar-refractivity contribution in [2.45, 2.75) is 64.6 Å². The quantitative estimate of drug-likeness (QED) is 0.425. The van der Waals surface area contributed by atoms with E-state index in [2.05, 4.69) is 41.5 Å². The fraction of sp³-hybridized carbons (Fsp3) is 0.435. The Hall–Kier alpha value is -2.07. The van der Waals surface area contributed by atoms with Gasteiger partial charge in [-0.3, -0.25) is 4.79 Å². The Morgan fingerprint density at radius 3 is 1.78 bits per heavy atom. The number of Topliss-reactive ketones (excluding diaryl/α,β-unsaturated/α-hetero) is 1. The number of benzene rings is 2. The Balaban J connectivity index is 2.16. The summed E-state index contributed by atoms with van der Waals surface area (Å²) in [4.78, 5) is 12.5. The molecule has 2 rings (SSSR count). The molecule has 0 aromatic heterocycles. The third kappa shape index (κ3) is 4.81. The summed E-state index contributed by atoms with van der Waals surface area (Å²) < 4.78 is 6.65. The van der Waals surface area contributed by atoms with Gasteiger partial charge in [-0.25, -0.2) is 0 Å². The van der Waals surface area contributed by atoms with E-state index >= 15 is 0 Å². The van der Waals surface area contributed by atoms with E-state index in [4.69, 9.17) is 4.43 Å². The standard InChI is InChI=1S/C23H32O3Si/c1-16(2)27(17(3)4,18(5)6)26-22-13-9-20(10-14-22)23(25)15-19-7-11-21(24)12-8-19/h7-14,16-18,24H,15H2,1-6H3. The highest BCUT2D eigenvalue weighted by Gasteiger charge is 2.46. The van der Waals surface area contributed by atoms with Crippen LogP contribution in [-0.2, 0) is 6.42 Å². The highest BCUT2D eigenvalue weighted by atomic mass is 28.4. The Kier molecular flexibility index (Phi) is 6.87. The van der Waals surface area contributed by atoms with Gasteiger partial charge in [0.1, 0.15) is 11.5 Å². The van der Waals surface area contributed by atoms with Crippen LogP contribution in [0.5, 0.6) is 11.5 Å². The highest BCUT2D eigenvalue weighted by molar-refractivity contribution is 6.78. The van der Waals surface area contributed by atoms with Crippen LogP contribution in [0.15, 0.2) is 48.5 Å². The molecule has 146 valence electrons. The maximum atomic E-state index is 12.5. The van der Waals surface area contributed by atoms with Crippen LogP contribution < -0.4 is 4.43 Å². The van der Waals surface area contributed by atoms with Gasteiger partial charge in [0, 0.05) is 12.0 Å². The minimum atomic E-state index is -1.99. The molecule has 0 saturated heterocycles. The molecule has 2 aromatic carbocycles. The van der Waals surface area contributed by atoms with Crippen molar-refractivity contribution in [2.24, 2.45) is 0 Å². The lowest BCUT2D eigenvalue weighted by atomic mass is 10.0. The Morgan fingerprint density at radius 1 is 0.852 bits per heavy atom. The van der Waals surface area contributed by atoms with Gasteiger partial charge in [0.15, 0.2) is 5.78 Å². The molecule has 0 aliphatic heterocycles. The first-order chi connectivity index (χ1) is 12.7. The fourth-order valence-electron chi connectivity index (χ4n) is 4.17. The summed E-state index contributed by atoms with van der Waals surface area (Å²) in [7, 11) is -1.99. The van der Waals surface area contributed by atoms with E-state index in [1.165, 1.54) is 0 Å². The van der Waals surface area contributed by atoms with Crippen molar-refractivity contribution in [3.05, 3.63) is 59.7 Å². The van der Waals surface area contributed by atoms with Crippen molar-refractivity contribution in [1.82, 2.24) is 0 Å². The summed E-state index contributed by atoms with van der Waals surface area (Å²) in [6, 6.07) is 14.3. The van der Waals surface area contributed by atoms with Crippen LogP contribution in [-0.4, -0.2) is 19.2 Å². The topological polar surface area (TPSA) is 46.5 Å². The van der Waals surface area contributed by atoms with E-state index in [0.717, 1.165) is 11.3 Å². The van der Waals surface area contributed by atoms with E-state index in [9.17, 15) is 9.90 Å². The Bertz CT molecular complexity index is 724. The van der Waals surface area contributed by atoms with Crippen LogP contribution in [0.1, 0.15) is 57.5 Å². The van der Waals surface area contributed by atoms with Crippen molar-refractivity contribution in [2.75, 3.05) is 0 Å². The Morgan fingerprint density at radius 2 is 1.33 bits per heavy atom. The average Bonchev–Trinajstić information content (AvgIpc) is 2.61. The van der Waals surface area contributed by atoms with Gasteiger partial charge in [0.2, 0.25) is 0 Å². The molecule has 0 fully saturated rings. The maximum absolute atomic E-state index is 12.5. The number of hydrogen-bond donors (Lipinski definition) is 1. The average molecular weight is 385 g/mol. The third-order valence-corrected chi connectivity index (χ3v) is 11.5. The second kappa shape index (κ2) is 8.74. The summed E-state index contributed by atoms with van der Waals surface area (Å²) >= 11 is 0. The van der Waals surface area contributed by atoms with E-state index in [-0.39, 0.29) is 11.5 Å². The molecule has 0 atom stereocenters. The number of carbonyl (C=O) groups excluding carboxylic acids is 1. The predicted octanol–water partition coefficient (Wildman–Crippen LogP) is 6.37. The molecule has 0 spiro atoms. The van der Waals surface area contributed by atoms with Crippen LogP contribution >= 0.6 is 0 Å². The first-order valence-electron chi connectivity index (χ1n) is 9.77. The molecular formula is C23H32O3Si. The number of phenolic OH excluding ortho intramolecular Hbond substituents is 1. The molecular weight excluding hydrogens is 352 g/mol. The van der Waals surface area contributed by atoms with Crippen LogP contribution in [0.25, 0.3) is 0 Å². The maximum Gasteiger partial charge on any atom is 0.258 e. The smallest absolute Gasteiger partial charge is 0.258 e. The van der Waals surface area contributed by atoms with Crippen molar-refractivity contribution in [1.29, 1.82) is 0 Å². The molecule has 0 heterocycles. The molecule has 0 unspecified atom stereocenters. The minimum Gasteiger partial charge on any atom is -0.543 e. The lowest BCUT2D eigenvalue weighted by molar-refractivity contribution is 0.0993. The Labute approximate surface area is 164 Å². The lowest BCUT2D eigenvalue weighted by Crippen LogP contribution is -2.50. The molecule has 1 N–H and O–H groups in total. The summed E-state index contributed by atoms with van der Waals surface area (Å²) in [5.41, 5.74) is 3.10. The summed E-state index contributed by atoms with van der Waals surface area (Å²) in [5.74, 6) is 1.13. The number of ketones is 1. The van der Waals surface area contributed by atoms with Gasteiger partial charge in [-0.15, -0.1) is 0 Å². The van der Waals surface area contributed by atoms with Gasteiger partial charge in [-0.1, -0.05) is 53.7 Å². The van der Waals surface area contributed by atoms with E-state index in [1.807, 2.05) is 24.3 Å². The van der Waals surface area contributed by atoms with Gasteiger partial charge in [0.25, 0.3) is 8.32 Å². The first kappa shape index (κ1) is 21.2. The summed E-state index contributed by atoms with van der Waals surface area (Å²) in [5, 5.41) is 9.35. The second-order valence-electron chi connectivity index (χ2n) is 8.21. The molecule has 3 nitrogen and oxygen atoms in total. The largest absolute Gasteiger partial charge is 0.543 e. The molecule has 0 bridgehead atoms. The second-order valence-corrected chi connectivity index (χ2v) is 13.6. The zero-order valence-electron chi connectivity index (χ0n) is 17.3. The number of phenols is 1. The SMILES string of the molecule is CC(C)[Si](Oc1ccc(C(=O)Cc2ccc(O)cc2)cc1)(C(C)C)C(C)C. The monoisotopic (exact) mass is 384 g/mol. The van der Waals surface area contributed by atoms with Gasteiger partial charge >= 0.3 is 0 Å². The molecule has 4 heteroatoms. The molecule has 2 aromatic rings. The van der Waals surface area contributed by atoms with E-state index in [0.29, 0.717) is 28.6 Å². The highest BCUT2D eigenvalue weighted by Crippen LogP contribution is 2.42. The van der Waals surface area contributed by atoms with Crippen LogP contribution in [0.4, 0.5) is 0 Å². The van der Waals surface area contributed by atoms with E-state index < -0.39 is 8.32 Å². The van der Waals surface area contributed by atoms with Crippen molar-refractivity contribution in [3.8, 4) is 11.5 Å². The first-order valence-corrected chi connectivity index (χ1v) is 11.9. The summed E-state index contributed by atoms with van der Waals surface area (Å²) in [6.07, 6.45) is 0.323. The lowest BCUT2D eigenvalue weighted by Gasteiger charge is -2.42. The van der Waals surface area contributed by atoms with Crippen molar-refractivity contribution in [3.63, 3.8) is 0 Å². The molecule has 27 heavy (non-hydrogen) atoms. The molecule has 0 aliphatic rings. The number of carbonyl (C=O) groups is 1. The van der Waals surface area contributed by atoms with Crippen LogP contribution in [0.2, 0.25) is 16.6 Å². The molecule has 0 radical (unpaired) electrons. The zero-order chi connectivity index (χ0) is 20.2. The van der Waals surface area contributed by atoms with Gasteiger partial charge in [-0.05, 0) is 58.6 Å². The summed E-state index contributed by atoms with van der Waals surface area (Å²) in [6.45, 7) is 13.6. The molecule has 0 amide bonds. The molecule has 0 aliphatic carbocycles. The normalized spacial score (nSPS) is 12.0. The fourth-order valence-corrected chi connectivity index (χ4v) is 9.42. The molecule has 0 saturated carbocycles. The van der Waals surface area contributed by atoms with E-state index in [1.54, 1.807) is 24.3 Å². The zero-order valence-corrected chi connectivity index (χ0v) is 18.3.